The van der Waals surface area contributed by atoms with E-state index in [4.69, 9.17) is 0 Å². The standard InChI is InChI=1S/C43H38S2/c1-42(2)38-17-11-9-15-34(38)36-25-21-30(27-40(36)42)44-29-19-22-32(23-20-29)45(5,31-13-7-6-8-14-31)33-24-26-37-35-16-10-12-18-39(35)43(3,4)41(37)28-33/h6-28H,1-5H3. The molecule has 0 aromatic heterocycles. The fourth-order valence-electron chi connectivity index (χ4n) is 7.70. The molecule has 45 heavy (non-hydrogen) atoms. The highest BCUT2D eigenvalue weighted by molar-refractivity contribution is 8.33. The van der Waals surface area contributed by atoms with Gasteiger partial charge in [-0.3, -0.25) is 0 Å². The Morgan fingerprint density at radius 3 is 1.47 bits per heavy atom. The van der Waals surface area contributed by atoms with Gasteiger partial charge in [0, 0.05) is 20.6 Å². The monoisotopic (exact) mass is 618 g/mol. The van der Waals surface area contributed by atoms with Crippen molar-refractivity contribution in [2.75, 3.05) is 6.26 Å². The molecule has 0 aliphatic heterocycles. The van der Waals surface area contributed by atoms with Crippen molar-refractivity contribution in [1.82, 2.24) is 0 Å². The molecule has 2 heteroatoms. The molecule has 6 aromatic carbocycles. The minimum Gasteiger partial charge on any atom is -0.163 e. The van der Waals surface area contributed by atoms with Crippen LogP contribution < -0.4 is 0 Å². The molecule has 6 aromatic rings. The minimum atomic E-state index is -1.49. The molecule has 1 unspecified atom stereocenters. The topological polar surface area (TPSA) is 0 Å². The lowest BCUT2D eigenvalue weighted by molar-refractivity contribution is 0.658. The molecule has 8 rings (SSSR count). The van der Waals surface area contributed by atoms with Crippen molar-refractivity contribution in [2.24, 2.45) is 0 Å². The van der Waals surface area contributed by atoms with Crippen LogP contribution in [0.2, 0.25) is 0 Å². The first-order valence-corrected chi connectivity index (χ1v) is 18.6. The zero-order chi connectivity index (χ0) is 31.0. The van der Waals surface area contributed by atoms with Crippen LogP contribution in [0.4, 0.5) is 0 Å². The summed E-state index contributed by atoms with van der Waals surface area (Å²) in [5.41, 5.74) is 11.2. The largest absolute Gasteiger partial charge is 0.163 e. The van der Waals surface area contributed by atoms with Crippen molar-refractivity contribution >= 4 is 21.8 Å². The van der Waals surface area contributed by atoms with E-state index in [0.29, 0.717) is 0 Å². The fourth-order valence-corrected chi connectivity index (χ4v) is 11.5. The van der Waals surface area contributed by atoms with Crippen molar-refractivity contribution in [3.05, 3.63) is 162 Å². The van der Waals surface area contributed by atoms with E-state index in [1.807, 2.05) is 11.8 Å². The van der Waals surface area contributed by atoms with Crippen LogP contribution >= 0.6 is 21.8 Å². The average Bonchev–Trinajstić information content (AvgIpc) is 3.44. The summed E-state index contributed by atoms with van der Waals surface area (Å²) < 4.78 is 0. The van der Waals surface area contributed by atoms with E-state index in [-0.39, 0.29) is 10.8 Å². The van der Waals surface area contributed by atoms with E-state index in [9.17, 15) is 0 Å². The Morgan fingerprint density at radius 1 is 0.400 bits per heavy atom. The Labute approximate surface area is 273 Å². The zero-order valence-corrected chi connectivity index (χ0v) is 28.2. The maximum Gasteiger partial charge on any atom is 0.0159 e. The molecule has 0 radical (unpaired) electrons. The summed E-state index contributed by atoms with van der Waals surface area (Å²) in [5.74, 6) is 0. The summed E-state index contributed by atoms with van der Waals surface area (Å²) in [6.45, 7) is 9.46. The lowest BCUT2D eigenvalue weighted by Crippen LogP contribution is -2.15. The number of fused-ring (bicyclic) bond motifs is 6. The molecule has 0 heterocycles. The second-order valence-corrected chi connectivity index (χ2v) is 18.0. The lowest BCUT2D eigenvalue weighted by Gasteiger charge is -2.38. The van der Waals surface area contributed by atoms with Gasteiger partial charge in [0.25, 0.3) is 0 Å². The van der Waals surface area contributed by atoms with Gasteiger partial charge in [0.05, 0.1) is 0 Å². The Balaban J connectivity index is 1.16. The molecule has 0 nitrogen and oxygen atoms in total. The second kappa shape index (κ2) is 10.3. The Kier molecular flexibility index (Phi) is 6.50. The smallest absolute Gasteiger partial charge is 0.0159 e. The van der Waals surface area contributed by atoms with Gasteiger partial charge >= 0.3 is 0 Å². The van der Waals surface area contributed by atoms with Crippen LogP contribution in [-0.2, 0) is 10.8 Å². The molecule has 222 valence electrons. The molecule has 0 bridgehead atoms. The van der Waals surface area contributed by atoms with Gasteiger partial charge in [0.15, 0.2) is 0 Å². The van der Waals surface area contributed by atoms with Crippen molar-refractivity contribution < 1.29 is 0 Å². The van der Waals surface area contributed by atoms with Crippen LogP contribution in [-0.4, -0.2) is 6.26 Å². The number of benzene rings is 6. The van der Waals surface area contributed by atoms with E-state index in [1.165, 1.54) is 69.0 Å². The van der Waals surface area contributed by atoms with E-state index in [1.54, 1.807) is 0 Å². The summed E-state index contributed by atoms with van der Waals surface area (Å²) in [7, 11) is -1.49. The lowest BCUT2D eigenvalue weighted by atomic mass is 9.82. The second-order valence-electron chi connectivity index (χ2n) is 13.6. The summed E-state index contributed by atoms with van der Waals surface area (Å²) in [6.07, 6.45) is 2.47. The highest BCUT2D eigenvalue weighted by Gasteiger charge is 2.37. The fraction of sp³-hybridized carbons (Fsp3) is 0.163. The third-order valence-electron chi connectivity index (χ3n) is 10.3. The average molecular weight is 619 g/mol. The normalized spacial score (nSPS) is 17.0. The van der Waals surface area contributed by atoms with Gasteiger partial charge in [-0.1, -0.05) is 118 Å². The molecule has 0 saturated carbocycles. The van der Waals surface area contributed by atoms with Gasteiger partial charge in [-0.25, -0.2) is 0 Å². The predicted molar refractivity (Wildman–Crippen MR) is 193 cm³/mol. The quantitative estimate of drug-likeness (QED) is 0.185. The zero-order valence-electron chi connectivity index (χ0n) is 26.6. The summed E-state index contributed by atoms with van der Waals surface area (Å²) in [4.78, 5) is 6.75. The van der Waals surface area contributed by atoms with Gasteiger partial charge in [-0.2, -0.15) is 10.0 Å². The predicted octanol–water partition coefficient (Wildman–Crippen LogP) is 12.4. The first kappa shape index (κ1) is 28.5. The van der Waals surface area contributed by atoms with Gasteiger partial charge in [-0.15, -0.1) is 0 Å². The summed E-state index contributed by atoms with van der Waals surface area (Å²) in [6, 6.07) is 52.7. The van der Waals surface area contributed by atoms with Crippen molar-refractivity contribution in [2.45, 2.75) is 63.0 Å². The van der Waals surface area contributed by atoms with Crippen LogP contribution in [0, 0.1) is 0 Å². The Bertz CT molecular complexity index is 2090. The highest BCUT2D eigenvalue weighted by atomic mass is 32.3. The Morgan fingerprint density at radius 2 is 0.844 bits per heavy atom. The summed E-state index contributed by atoms with van der Waals surface area (Å²) >= 11 is 1.86. The first-order chi connectivity index (χ1) is 21.7. The first-order valence-electron chi connectivity index (χ1n) is 15.8. The van der Waals surface area contributed by atoms with Crippen LogP contribution in [0.25, 0.3) is 22.3 Å². The third-order valence-corrected chi connectivity index (χ3v) is 15.0. The van der Waals surface area contributed by atoms with E-state index >= 15 is 0 Å². The molecule has 0 saturated heterocycles. The summed E-state index contributed by atoms with van der Waals surface area (Å²) in [5, 5.41) is 0. The molecule has 0 amide bonds. The molecule has 0 spiro atoms. The highest BCUT2D eigenvalue weighted by Crippen LogP contribution is 2.67. The van der Waals surface area contributed by atoms with E-state index < -0.39 is 10.0 Å². The van der Waals surface area contributed by atoms with E-state index in [0.717, 1.165) is 0 Å². The Hall–Kier alpha value is -3.98. The maximum atomic E-state index is 2.52. The minimum absolute atomic E-state index is 0.0129. The van der Waals surface area contributed by atoms with Crippen LogP contribution in [0.5, 0.6) is 0 Å². The van der Waals surface area contributed by atoms with Crippen molar-refractivity contribution in [3.63, 3.8) is 0 Å². The van der Waals surface area contributed by atoms with Crippen molar-refractivity contribution in [1.29, 1.82) is 0 Å². The third kappa shape index (κ3) is 4.30. The molecule has 0 fully saturated rings. The van der Waals surface area contributed by atoms with Crippen LogP contribution in [0.3, 0.4) is 0 Å². The number of hydrogen-bond acceptors (Lipinski definition) is 1. The molecule has 2 aliphatic carbocycles. The van der Waals surface area contributed by atoms with Crippen LogP contribution in [0.15, 0.2) is 164 Å². The number of rotatable bonds is 5. The molecular formula is C43H38S2. The molecule has 0 N–H and O–H groups in total. The molecule has 2 aliphatic rings. The van der Waals surface area contributed by atoms with Gasteiger partial charge in [-0.05, 0) is 126 Å². The van der Waals surface area contributed by atoms with Gasteiger partial charge < -0.3 is 0 Å². The molecular weight excluding hydrogens is 581 g/mol. The van der Waals surface area contributed by atoms with Crippen molar-refractivity contribution in [3.8, 4) is 22.3 Å². The molecule has 1 atom stereocenters. The van der Waals surface area contributed by atoms with E-state index in [2.05, 4.69) is 173 Å². The van der Waals surface area contributed by atoms with Gasteiger partial charge in [0.1, 0.15) is 0 Å². The van der Waals surface area contributed by atoms with Gasteiger partial charge in [0.2, 0.25) is 0 Å². The van der Waals surface area contributed by atoms with Crippen LogP contribution in [0.1, 0.15) is 49.9 Å². The SMILES string of the molecule is CC1(C)c2ccccc2-c2ccc(Sc3ccc(S(C)(c4ccccc4)c4ccc5c(c4)C(C)(C)c4ccccc4-5)cc3)cc21. The number of hydrogen-bond donors (Lipinski definition) is 0. The maximum absolute atomic E-state index is 2.52.